The van der Waals surface area contributed by atoms with Gasteiger partial charge >= 0.3 is 0 Å². The first-order valence-corrected chi connectivity index (χ1v) is 32.1. The molecular weight excluding hydrogens is 1020 g/mol. The number of thiophene rings is 1. The summed E-state index contributed by atoms with van der Waals surface area (Å²) in [5.74, 6) is 0. The molecule has 0 unspecified atom stereocenters. The van der Waals surface area contributed by atoms with E-state index in [9.17, 15) is 0 Å². The Hall–Kier alpha value is -6.56. The Bertz CT molecular complexity index is 4160. The van der Waals surface area contributed by atoms with Crippen LogP contribution < -0.4 is 31.1 Å². The van der Waals surface area contributed by atoms with Gasteiger partial charge in [0, 0.05) is 65.7 Å². The van der Waals surface area contributed by atoms with Crippen LogP contribution in [0.25, 0.3) is 20.2 Å². The van der Waals surface area contributed by atoms with Gasteiger partial charge in [-0.1, -0.05) is 171 Å². The third kappa shape index (κ3) is 8.30. The predicted octanol–water partition coefficient (Wildman–Crippen LogP) is 20.6. The molecule has 0 N–H and O–H groups in total. The lowest BCUT2D eigenvalue weighted by molar-refractivity contribution is 0.332. The SMILES string of the molecule is Cc1ccccc1N(c1cc2c3c(c1)N(c1ccc4sc5cc(C(C)(C)C)ccc5c4c1)c1cc4c(cc1B3c1cc3c(cc1N2c1ccc2c(c1)C(C)(C)CCC2(C)C)C(C)(C)CCC3(C)C)C(C)(C)CCC4(C)C)c1ccccc1C. The summed E-state index contributed by atoms with van der Waals surface area (Å²) in [6.07, 6.45) is 6.95. The lowest BCUT2D eigenvalue weighted by Gasteiger charge is -2.49. The molecular formula is C78H86BN3S. The van der Waals surface area contributed by atoms with Crippen LogP contribution in [0.5, 0.6) is 0 Å². The molecule has 14 rings (SSSR count). The van der Waals surface area contributed by atoms with Crippen LogP contribution in [0, 0.1) is 13.8 Å². The average molecular weight is 1110 g/mol. The Morgan fingerprint density at radius 2 is 0.843 bits per heavy atom. The molecule has 0 saturated heterocycles. The highest BCUT2D eigenvalue weighted by molar-refractivity contribution is 7.25. The summed E-state index contributed by atoms with van der Waals surface area (Å²) in [5, 5.41) is 2.65. The minimum atomic E-state index is -0.0382. The van der Waals surface area contributed by atoms with Crippen LogP contribution in [0.3, 0.4) is 0 Å². The van der Waals surface area contributed by atoms with Crippen molar-refractivity contribution in [2.24, 2.45) is 0 Å². The van der Waals surface area contributed by atoms with Gasteiger partial charge in [0.1, 0.15) is 0 Å². The van der Waals surface area contributed by atoms with Gasteiger partial charge in [0.05, 0.1) is 5.69 Å². The number of hydrogen-bond donors (Lipinski definition) is 0. The highest BCUT2D eigenvalue weighted by Crippen LogP contribution is 2.56. The number of anilines is 9. The summed E-state index contributed by atoms with van der Waals surface area (Å²) in [6, 6.07) is 56.4. The number of nitrogens with zero attached hydrogens (tertiary/aromatic N) is 3. The van der Waals surface area contributed by atoms with E-state index in [1.807, 2.05) is 11.3 Å². The molecule has 8 aromatic carbocycles. The Balaban J connectivity index is 1.16. The first kappa shape index (κ1) is 54.4. The number of aryl methyl sites for hydroxylation is 2. The van der Waals surface area contributed by atoms with Gasteiger partial charge < -0.3 is 14.7 Å². The quantitative estimate of drug-likeness (QED) is 0.159. The van der Waals surface area contributed by atoms with Crippen molar-refractivity contribution in [2.45, 2.75) is 194 Å². The van der Waals surface area contributed by atoms with Crippen molar-refractivity contribution in [3.8, 4) is 0 Å². The molecule has 422 valence electrons. The lowest BCUT2D eigenvalue weighted by atomic mass is 9.32. The number of para-hydroxylation sites is 2. The van der Waals surface area contributed by atoms with Crippen molar-refractivity contribution >= 4 is 106 Å². The largest absolute Gasteiger partial charge is 0.311 e. The molecule has 9 aromatic rings. The molecule has 0 saturated carbocycles. The molecule has 0 fully saturated rings. The molecule has 3 aliphatic carbocycles. The third-order valence-electron chi connectivity index (χ3n) is 21.6. The summed E-state index contributed by atoms with van der Waals surface area (Å²) in [5.41, 5.74) is 28.3. The summed E-state index contributed by atoms with van der Waals surface area (Å²) >= 11 is 1.93. The summed E-state index contributed by atoms with van der Waals surface area (Å²) in [4.78, 5) is 8.07. The van der Waals surface area contributed by atoms with Crippen molar-refractivity contribution < 1.29 is 0 Å². The number of fused-ring (bicyclic) bond motifs is 10. The highest BCUT2D eigenvalue weighted by atomic mass is 32.1. The molecule has 3 heterocycles. The topological polar surface area (TPSA) is 9.72 Å². The molecule has 0 spiro atoms. The van der Waals surface area contributed by atoms with Crippen LogP contribution in [0.15, 0.2) is 140 Å². The van der Waals surface area contributed by atoms with E-state index in [2.05, 4.69) is 272 Å². The molecule has 0 radical (unpaired) electrons. The second-order valence-electron chi connectivity index (χ2n) is 31.1. The van der Waals surface area contributed by atoms with Gasteiger partial charge in [-0.2, -0.15) is 0 Å². The standard InChI is InChI=1S/C78H86BN3S/c1-47-22-18-20-24-63(47)82(64-25-21-19-23-48(64)2)52-41-67-71-68(42-52)81(51-27-30-55-56(40-51)74(8,9)33-32-73(55,6)7)66-46-60-58(76(12,13)35-37-78(60,16)17)44-62(66)79(71)61-43-57-59(77(14,15)36-34-75(57,10)11)45-65(61)80(67)50-28-31-69-54(39-50)53-29-26-49(72(3,4)5)38-70(53)83-69/h18-31,38-46H,32-37H2,1-17H3. The van der Waals surface area contributed by atoms with Crippen LogP contribution in [-0.4, -0.2) is 6.71 Å². The molecule has 1 aromatic heterocycles. The molecule has 3 nitrogen and oxygen atoms in total. The smallest absolute Gasteiger partial charge is 0.252 e. The van der Waals surface area contributed by atoms with E-state index in [4.69, 9.17) is 0 Å². The second kappa shape index (κ2) is 18.0. The van der Waals surface area contributed by atoms with Crippen LogP contribution in [0.2, 0.25) is 0 Å². The first-order valence-electron chi connectivity index (χ1n) is 31.2. The maximum Gasteiger partial charge on any atom is 0.252 e. The molecule has 5 aliphatic rings. The monoisotopic (exact) mass is 1110 g/mol. The van der Waals surface area contributed by atoms with E-state index in [-0.39, 0.29) is 44.6 Å². The van der Waals surface area contributed by atoms with Crippen LogP contribution >= 0.6 is 11.3 Å². The Morgan fingerprint density at radius 1 is 0.410 bits per heavy atom. The number of benzene rings is 8. The van der Waals surface area contributed by atoms with Gasteiger partial charge in [0.2, 0.25) is 0 Å². The normalized spacial score (nSPS) is 19.1. The zero-order valence-corrected chi connectivity index (χ0v) is 53.7. The van der Waals surface area contributed by atoms with Gasteiger partial charge in [-0.25, -0.2) is 0 Å². The van der Waals surface area contributed by atoms with Crippen molar-refractivity contribution in [2.75, 3.05) is 14.7 Å². The second-order valence-corrected chi connectivity index (χ2v) is 32.2. The van der Waals surface area contributed by atoms with Crippen molar-refractivity contribution in [3.05, 3.63) is 190 Å². The fraction of sp³-hybridized carbons (Fsp3) is 0.385. The Labute approximate surface area is 501 Å². The average Bonchev–Trinajstić information content (AvgIpc) is 1.32. The van der Waals surface area contributed by atoms with Gasteiger partial charge in [0.15, 0.2) is 0 Å². The van der Waals surface area contributed by atoms with E-state index in [0.29, 0.717) is 0 Å². The highest BCUT2D eigenvalue weighted by Gasteiger charge is 2.50. The van der Waals surface area contributed by atoms with Gasteiger partial charge in [0.25, 0.3) is 6.71 Å². The fourth-order valence-electron chi connectivity index (χ4n) is 15.9. The molecule has 0 amide bonds. The van der Waals surface area contributed by atoms with E-state index < -0.39 is 0 Å². The van der Waals surface area contributed by atoms with Crippen molar-refractivity contribution in [3.63, 3.8) is 0 Å². The molecule has 0 atom stereocenters. The first-order chi connectivity index (χ1) is 39.0. The van der Waals surface area contributed by atoms with Gasteiger partial charge in [-0.15, -0.1) is 11.3 Å². The molecule has 83 heavy (non-hydrogen) atoms. The predicted molar refractivity (Wildman–Crippen MR) is 362 cm³/mol. The van der Waals surface area contributed by atoms with E-state index >= 15 is 0 Å². The molecule has 2 aliphatic heterocycles. The maximum atomic E-state index is 2.76. The minimum absolute atomic E-state index is 0.00190. The van der Waals surface area contributed by atoms with Crippen molar-refractivity contribution in [1.82, 2.24) is 0 Å². The van der Waals surface area contributed by atoms with E-state index in [1.165, 1.54) is 139 Å². The zero-order valence-electron chi connectivity index (χ0n) is 52.8. The molecule has 5 heteroatoms. The minimum Gasteiger partial charge on any atom is -0.311 e. The van der Waals surface area contributed by atoms with Crippen LogP contribution in [0.1, 0.15) is 192 Å². The molecule has 0 bridgehead atoms. The summed E-state index contributed by atoms with van der Waals surface area (Å²) < 4.78 is 2.68. The summed E-state index contributed by atoms with van der Waals surface area (Å²) in [6.45, 7) is 41.5. The summed E-state index contributed by atoms with van der Waals surface area (Å²) in [7, 11) is 0. The fourth-order valence-corrected chi connectivity index (χ4v) is 17.0. The van der Waals surface area contributed by atoms with Crippen LogP contribution in [-0.2, 0) is 37.9 Å². The van der Waals surface area contributed by atoms with Crippen LogP contribution in [0.4, 0.5) is 51.2 Å². The van der Waals surface area contributed by atoms with Gasteiger partial charge in [-0.05, 0) is 230 Å². The van der Waals surface area contributed by atoms with E-state index in [0.717, 1.165) is 37.8 Å². The number of rotatable bonds is 5. The van der Waals surface area contributed by atoms with Gasteiger partial charge in [-0.3, -0.25) is 0 Å². The third-order valence-corrected chi connectivity index (χ3v) is 22.8. The Kier molecular flexibility index (Phi) is 11.8. The zero-order chi connectivity index (χ0) is 58.5. The van der Waals surface area contributed by atoms with E-state index in [1.54, 1.807) is 0 Å². The lowest BCUT2D eigenvalue weighted by Crippen LogP contribution is -2.62. The maximum absolute atomic E-state index is 2.76. The van der Waals surface area contributed by atoms with Crippen molar-refractivity contribution in [1.29, 1.82) is 0 Å². The number of hydrogen-bond acceptors (Lipinski definition) is 4. The Morgan fingerprint density at radius 3 is 1.33 bits per heavy atom.